The zero-order valence-electron chi connectivity index (χ0n) is 15.7. The molecule has 0 radical (unpaired) electrons. The van der Waals surface area contributed by atoms with Crippen LogP contribution in [0.3, 0.4) is 0 Å². The highest BCUT2D eigenvalue weighted by Crippen LogP contribution is 2.26. The lowest BCUT2D eigenvalue weighted by molar-refractivity contribution is -0.115. The number of carbonyl (C=O) groups is 1. The van der Waals surface area contributed by atoms with Crippen LogP contribution in [0.4, 0.5) is 11.4 Å². The van der Waals surface area contributed by atoms with Crippen LogP contribution in [0, 0.1) is 0 Å². The Bertz CT molecular complexity index is 945. The summed E-state index contributed by atoms with van der Waals surface area (Å²) in [6.07, 6.45) is 3.98. The molecule has 142 valence electrons. The van der Waals surface area contributed by atoms with Crippen molar-refractivity contribution in [2.24, 2.45) is 0 Å². The lowest BCUT2D eigenvalue weighted by Gasteiger charge is -2.30. The molecule has 5 heteroatoms. The summed E-state index contributed by atoms with van der Waals surface area (Å²) in [7, 11) is 0. The number of nitrogens with zero attached hydrogens (tertiary/aromatic N) is 2. The molecule has 0 atom stereocenters. The van der Waals surface area contributed by atoms with E-state index in [9.17, 15) is 4.79 Å². The van der Waals surface area contributed by atoms with Crippen molar-refractivity contribution in [1.82, 2.24) is 4.98 Å². The molecule has 0 aliphatic carbocycles. The molecule has 4 nitrogen and oxygen atoms in total. The highest BCUT2D eigenvalue weighted by Gasteiger charge is 2.18. The van der Waals surface area contributed by atoms with Gasteiger partial charge in [0.25, 0.3) is 0 Å². The highest BCUT2D eigenvalue weighted by molar-refractivity contribution is 7.98. The number of aromatic nitrogens is 1. The Morgan fingerprint density at radius 3 is 2.86 bits per heavy atom. The molecular weight excluding hydrogens is 366 g/mol. The van der Waals surface area contributed by atoms with E-state index in [0.29, 0.717) is 6.54 Å². The number of rotatable bonds is 6. The fourth-order valence-corrected chi connectivity index (χ4v) is 4.28. The predicted molar refractivity (Wildman–Crippen MR) is 116 cm³/mol. The minimum atomic E-state index is 0.0197. The minimum Gasteiger partial charge on any atom is -0.362 e. The van der Waals surface area contributed by atoms with Crippen LogP contribution in [-0.2, 0) is 17.0 Å². The van der Waals surface area contributed by atoms with E-state index in [2.05, 4.69) is 39.5 Å². The molecule has 1 amide bonds. The molecule has 1 aromatic heterocycles. The number of amides is 1. The lowest BCUT2D eigenvalue weighted by Crippen LogP contribution is -2.36. The lowest BCUT2D eigenvalue weighted by atomic mass is 10.0. The summed E-state index contributed by atoms with van der Waals surface area (Å²) < 4.78 is 0. The van der Waals surface area contributed by atoms with Gasteiger partial charge in [-0.05, 0) is 54.3 Å². The normalized spacial score (nSPS) is 13.1. The van der Waals surface area contributed by atoms with E-state index in [-0.39, 0.29) is 5.91 Å². The molecule has 0 unspecified atom stereocenters. The first-order valence-corrected chi connectivity index (χ1v) is 10.5. The van der Waals surface area contributed by atoms with Gasteiger partial charge < -0.3 is 10.2 Å². The number of fused-ring (bicyclic) bond motifs is 1. The van der Waals surface area contributed by atoms with Crippen molar-refractivity contribution in [2.75, 3.05) is 23.3 Å². The van der Waals surface area contributed by atoms with Crippen LogP contribution in [0.5, 0.6) is 0 Å². The number of pyridine rings is 1. The Morgan fingerprint density at radius 2 is 1.96 bits per heavy atom. The molecule has 2 heterocycles. The quantitative estimate of drug-likeness (QED) is 0.617. The number of thioether (sulfide) groups is 1. The van der Waals surface area contributed by atoms with Gasteiger partial charge in [0, 0.05) is 29.9 Å². The molecule has 1 aliphatic rings. The number of hydrogen-bond acceptors (Lipinski definition) is 4. The van der Waals surface area contributed by atoms with E-state index >= 15 is 0 Å². The van der Waals surface area contributed by atoms with Crippen LogP contribution in [0.25, 0.3) is 0 Å². The van der Waals surface area contributed by atoms with Gasteiger partial charge in [0.2, 0.25) is 5.91 Å². The molecule has 2 aromatic carbocycles. The Balaban J connectivity index is 1.36. The third kappa shape index (κ3) is 4.73. The number of anilines is 2. The molecule has 0 spiro atoms. The number of nitrogens with one attached hydrogen (secondary N) is 1. The van der Waals surface area contributed by atoms with Crippen molar-refractivity contribution in [2.45, 2.75) is 23.6 Å². The van der Waals surface area contributed by atoms with E-state index in [4.69, 9.17) is 0 Å². The number of hydrogen-bond donors (Lipinski definition) is 1. The maximum atomic E-state index is 12.6. The number of benzene rings is 2. The van der Waals surface area contributed by atoms with Gasteiger partial charge in [-0.3, -0.25) is 4.79 Å². The van der Waals surface area contributed by atoms with Gasteiger partial charge in [0.05, 0.1) is 11.6 Å². The van der Waals surface area contributed by atoms with Crippen molar-refractivity contribution < 1.29 is 4.79 Å². The second-order valence-corrected chi connectivity index (χ2v) is 7.85. The summed E-state index contributed by atoms with van der Waals surface area (Å²) in [6.45, 7) is 1.30. The topological polar surface area (TPSA) is 45.2 Å². The van der Waals surface area contributed by atoms with Crippen LogP contribution >= 0.6 is 11.8 Å². The van der Waals surface area contributed by atoms with Gasteiger partial charge >= 0.3 is 0 Å². The van der Waals surface area contributed by atoms with Crippen LogP contribution in [-0.4, -0.2) is 24.0 Å². The van der Waals surface area contributed by atoms with Crippen LogP contribution in [0.1, 0.15) is 17.5 Å². The Hall–Kier alpha value is -2.79. The molecule has 0 bridgehead atoms. The second kappa shape index (κ2) is 8.93. The molecule has 0 fully saturated rings. The average molecular weight is 390 g/mol. The smallest absolute Gasteiger partial charge is 0.243 e. The van der Waals surface area contributed by atoms with Crippen LogP contribution in [0.15, 0.2) is 78.0 Å². The maximum Gasteiger partial charge on any atom is 0.243 e. The first-order valence-electron chi connectivity index (χ1n) is 9.53. The number of aryl methyl sites for hydroxylation is 1. The minimum absolute atomic E-state index is 0.0197. The van der Waals surface area contributed by atoms with Gasteiger partial charge in [-0.2, -0.15) is 0 Å². The van der Waals surface area contributed by atoms with Crippen molar-refractivity contribution >= 4 is 29.0 Å². The Kier molecular flexibility index (Phi) is 5.92. The van der Waals surface area contributed by atoms with E-state index in [1.807, 2.05) is 42.5 Å². The molecule has 1 N–H and O–H groups in total. The first-order chi connectivity index (χ1) is 13.8. The second-order valence-electron chi connectivity index (χ2n) is 6.86. The van der Waals surface area contributed by atoms with Crippen molar-refractivity contribution in [3.05, 3.63) is 84.1 Å². The number of para-hydroxylation sites is 1. The van der Waals surface area contributed by atoms with Crippen LogP contribution < -0.4 is 10.2 Å². The highest BCUT2D eigenvalue weighted by atomic mass is 32.2. The standard InChI is InChI=1S/C23H23N3OS/c27-22(16-26-14-6-9-19-8-1-2-11-21(19)26)25-20-10-5-7-18(15-20)17-28-23-12-3-4-13-24-23/h1-5,7-8,10-13,15H,6,9,14,16-17H2,(H,25,27). The summed E-state index contributed by atoms with van der Waals surface area (Å²) in [6, 6.07) is 22.3. The van der Waals surface area contributed by atoms with Crippen molar-refractivity contribution in [3.63, 3.8) is 0 Å². The Morgan fingerprint density at radius 1 is 1.07 bits per heavy atom. The molecule has 4 rings (SSSR count). The first kappa shape index (κ1) is 18.6. The fourth-order valence-electron chi connectivity index (χ4n) is 3.48. The molecule has 0 saturated heterocycles. The number of carbonyl (C=O) groups excluding carboxylic acids is 1. The zero-order valence-corrected chi connectivity index (χ0v) is 16.5. The van der Waals surface area contributed by atoms with Gasteiger partial charge in [-0.25, -0.2) is 4.98 Å². The van der Waals surface area contributed by atoms with Crippen molar-refractivity contribution in [3.8, 4) is 0 Å². The van der Waals surface area contributed by atoms with E-state index in [1.54, 1.807) is 18.0 Å². The fraction of sp³-hybridized carbons (Fsp3) is 0.217. The van der Waals surface area contributed by atoms with E-state index in [1.165, 1.54) is 11.3 Å². The molecule has 28 heavy (non-hydrogen) atoms. The van der Waals surface area contributed by atoms with Gasteiger partial charge in [0.1, 0.15) is 0 Å². The van der Waals surface area contributed by atoms with E-state index < -0.39 is 0 Å². The van der Waals surface area contributed by atoms with Gasteiger partial charge in [0.15, 0.2) is 0 Å². The molecular formula is C23H23N3OS. The zero-order chi connectivity index (χ0) is 19.2. The molecule has 0 saturated carbocycles. The van der Waals surface area contributed by atoms with Crippen LogP contribution in [0.2, 0.25) is 0 Å². The average Bonchev–Trinajstić information content (AvgIpc) is 2.73. The molecule has 1 aliphatic heterocycles. The Labute approximate surface area is 170 Å². The maximum absolute atomic E-state index is 12.6. The van der Waals surface area contributed by atoms with E-state index in [0.717, 1.165) is 41.4 Å². The molecule has 3 aromatic rings. The summed E-state index contributed by atoms with van der Waals surface area (Å²) in [5, 5.41) is 4.05. The van der Waals surface area contributed by atoms with Gasteiger partial charge in [-0.1, -0.05) is 36.4 Å². The summed E-state index contributed by atoms with van der Waals surface area (Å²) in [5.74, 6) is 0.839. The van der Waals surface area contributed by atoms with Crippen molar-refractivity contribution in [1.29, 1.82) is 0 Å². The third-order valence-corrected chi connectivity index (χ3v) is 5.79. The van der Waals surface area contributed by atoms with Gasteiger partial charge in [-0.15, -0.1) is 11.8 Å². The monoisotopic (exact) mass is 389 g/mol. The summed E-state index contributed by atoms with van der Waals surface area (Å²) in [4.78, 5) is 19.1. The third-order valence-electron chi connectivity index (χ3n) is 4.78. The summed E-state index contributed by atoms with van der Waals surface area (Å²) >= 11 is 1.69. The summed E-state index contributed by atoms with van der Waals surface area (Å²) in [5.41, 5.74) is 4.52. The predicted octanol–water partition coefficient (Wildman–Crippen LogP) is 4.77. The SMILES string of the molecule is O=C(CN1CCCc2ccccc21)Nc1cccc(CSc2ccccn2)c1. The largest absolute Gasteiger partial charge is 0.362 e.